The maximum absolute atomic E-state index is 13.1. The van der Waals surface area contributed by atoms with Crippen molar-refractivity contribution in [1.29, 1.82) is 0 Å². The number of rotatable bonds is 7. The lowest BCUT2D eigenvalue weighted by atomic mass is 10.1. The van der Waals surface area contributed by atoms with Gasteiger partial charge in [-0.15, -0.1) is 0 Å². The minimum atomic E-state index is -0.311. The van der Waals surface area contributed by atoms with Crippen molar-refractivity contribution in [3.63, 3.8) is 0 Å². The van der Waals surface area contributed by atoms with Gasteiger partial charge in [-0.2, -0.15) is 0 Å². The number of nitrogens with zero attached hydrogens (tertiary/aromatic N) is 1. The van der Waals surface area contributed by atoms with Gasteiger partial charge in [-0.25, -0.2) is 0 Å². The normalized spacial score (nSPS) is 14.4. The largest absolute Gasteiger partial charge is 0.497 e. The Morgan fingerprint density at radius 3 is 2.62 bits per heavy atom. The van der Waals surface area contributed by atoms with Gasteiger partial charge in [0.25, 0.3) is 11.8 Å². The van der Waals surface area contributed by atoms with Gasteiger partial charge in [-0.1, -0.05) is 65.9 Å². The molecule has 0 aliphatic carbocycles. The third-order valence-corrected chi connectivity index (χ3v) is 6.31. The summed E-state index contributed by atoms with van der Waals surface area (Å²) in [4.78, 5) is 27.5. The van der Waals surface area contributed by atoms with E-state index in [2.05, 4.69) is 5.32 Å². The second-order valence-corrected chi connectivity index (χ2v) is 9.14. The van der Waals surface area contributed by atoms with E-state index in [0.29, 0.717) is 32.0 Å². The lowest BCUT2D eigenvalue weighted by molar-refractivity contribution is -0.118. The van der Waals surface area contributed by atoms with Crippen LogP contribution in [0.1, 0.15) is 11.1 Å². The third kappa shape index (κ3) is 5.47. The molecule has 0 saturated carbocycles. The number of carbonyl (C=O) groups excluding carboxylic acids is 2. The van der Waals surface area contributed by atoms with Crippen molar-refractivity contribution in [3.8, 4) is 11.5 Å². The van der Waals surface area contributed by atoms with E-state index in [-0.39, 0.29) is 18.4 Å². The number of para-hydroxylation sites is 1. The van der Waals surface area contributed by atoms with Crippen LogP contribution in [0, 0.1) is 6.92 Å². The Balaban J connectivity index is 1.46. The predicted molar refractivity (Wildman–Crippen MR) is 140 cm³/mol. The van der Waals surface area contributed by atoms with Crippen LogP contribution in [0.2, 0.25) is 0 Å². The van der Waals surface area contributed by atoms with Crippen molar-refractivity contribution in [2.24, 2.45) is 0 Å². The van der Waals surface area contributed by atoms with Gasteiger partial charge in [-0.05, 0) is 43.3 Å². The van der Waals surface area contributed by atoms with E-state index in [1.54, 1.807) is 43.5 Å². The summed E-state index contributed by atoms with van der Waals surface area (Å²) in [6.07, 6.45) is 1.74. The summed E-state index contributed by atoms with van der Waals surface area (Å²) in [7, 11) is 1.57. The first kappa shape index (κ1) is 23.5. The van der Waals surface area contributed by atoms with Crippen LogP contribution < -0.4 is 19.7 Å². The molecule has 3 aromatic rings. The molecule has 3 aromatic carbocycles. The average molecular weight is 491 g/mol. The molecule has 1 fully saturated rings. The van der Waals surface area contributed by atoms with Crippen LogP contribution in [0.25, 0.3) is 6.08 Å². The Bertz CT molecular complexity index is 1270. The number of methoxy groups -OCH3 is 1. The van der Waals surface area contributed by atoms with Crippen LogP contribution >= 0.6 is 24.0 Å². The summed E-state index contributed by atoms with van der Waals surface area (Å²) in [5.41, 5.74) is 3.13. The van der Waals surface area contributed by atoms with Gasteiger partial charge in [0.15, 0.2) is 10.9 Å². The highest BCUT2D eigenvalue weighted by atomic mass is 32.2. The van der Waals surface area contributed by atoms with Crippen LogP contribution in [-0.2, 0) is 9.59 Å². The van der Waals surface area contributed by atoms with Gasteiger partial charge < -0.3 is 14.8 Å². The van der Waals surface area contributed by atoms with Crippen molar-refractivity contribution in [2.75, 3.05) is 23.9 Å². The molecule has 4 rings (SSSR count). The zero-order chi connectivity index (χ0) is 24.1. The third-order valence-electron chi connectivity index (χ3n) is 5.00. The van der Waals surface area contributed by atoms with Gasteiger partial charge in [0.1, 0.15) is 11.5 Å². The molecule has 0 bridgehead atoms. The topological polar surface area (TPSA) is 67.9 Å². The molecule has 2 amide bonds. The molecular formula is C26H22N2O4S2. The van der Waals surface area contributed by atoms with Crippen molar-refractivity contribution in [3.05, 3.63) is 88.8 Å². The quantitative estimate of drug-likeness (QED) is 0.352. The summed E-state index contributed by atoms with van der Waals surface area (Å²) >= 11 is 6.69. The van der Waals surface area contributed by atoms with E-state index < -0.39 is 0 Å². The summed E-state index contributed by atoms with van der Waals surface area (Å²) in [5.74, 6) is 0.633. The van der Waals surface area contributed by atoms with E-state index >= 15 is 0 Å². The lowest BCUT2D eigenvalue weighted by Crippen LogP contribution is -2.27. The number of thioether (sulfide) groups is 1. The smallest absolute Gasteiger partial charge is 0.270 e. The Morgan fingerprint density at radius 2 is 1.85 bits per heavy atom. The molecule has 6 nitrogen and oxygen atoms in total. The number of ether oxygens (including phenoxy) is 2. The maximum Gasteiger partial charge on any atom is 0.270 e. The molecule has 1 N–H and O–H groups in total. The molecule has 1 heterocycles. The highest BCUT2D eigenvalue weighted by Gasteiger charge is 2.33. The number of amides is 2. The molecular weight excluding hydrogens is 468 g/mol. The first-order valence-electron chi connectivity index (χ1n) is 10.4. The molecule has 0 unspecified atom stereocenters. The molecule has 1 aliphatic rings. The monoisotopic (exact) mass is 490 g/mol. The Labute approximate surface area is 207 Å². The summed E-state index contributed by atoms with van der Waals surface area (Å²) in [5, 5.41) is 2.78. The average Bonchev–Trinajstić information content (AvgIpc) is 3.12. The number of benzene rings is 3. The van der Waals surface area contributed by atoms with E-state index in [1.165, 1.54) is 16.7 Å². The van der Waals surface area contributed by atoms with E-state index in [0.717, 1.165) is 11.3 Å². The van der Waals surface area contributed by atoms with E-state index in [9.17, 15) is 9.59 Å². The van der Waals surface area contributed by atoms with Crippen molar-refractivity contribution in [1.82, 2.24) is 0 Å². The molecule has 0 spiro atoms. The van der Waals surface area contributed by atoms with Crippen molar-refractivity contribution in [2.45, 2.75) is 6.92 Å². The van der Waals surface area contributed by atoms with Crippen LogP contribution in [0.5, 0.6) is 11.5 Å². The molecule has 1 aliphatic heterocycles. The van der Waals surface area contributed by atoms with Gasteiger partial charge in [0.05, 0.1) is 17.7 Å². The zero-order valence-electron chi connectivity index (χ0n) is 18.6. The number of anilines is 2. The second-order valence-electron chi connectivity index (χ2n) is 7.46. The van der Waals surface area contributed by atoms with Gasteiger partial charge >= 0.3 is 0 Å². The number of nitrogens with one attached hydrogen (secondary N) is 1. The van der Waals surface area contributed by atoms with Crippen LogP contribution in [0.3, 0.4) is 0 Å². The standard InChI is InChI=1S/C26H22N2O4S2/c1-17-10-12-20(13-11-17)28-25(30)23(34-26(28)33)14-18-6-3-4-9-22(18)32-16-24(29)27-19-7-5-8-21(15-19)31-2/h3-15H,16H2,1-2H3,(H,27,29)/b23-14-. The number of hydrogen-bond acceptors (Lipinski definition) is 6. The number of aryl methyl sites for hydroxylation is 1. The first-order valence-corrected chi connectivity index (χ1v) is 11.7. The number of hydrogen-bond donors (Lipinski definition) is 1. The minimum Gasteiger partial charge on any atom is -0.497 e. The first-order chi connectivity index (χ1) is 16.4. The number of thiocarbonyl (C=S) groups is 1. The molecule has 172 valence electrons. The fourth-order valence-electron chi connectivity index (χ4n) is 3.30. The fourth-order valence-corrected chi connectivity index (χ4v) is 4.59. The summed E-state index contributed by atoms with van der Waals surface area (Å²) in [6, 6.07) is 21.9. The minimum absolute atomic E-state index is 0.188. The predicted octanol–water partition coefficient (Wildman–Crippen LogP) is 5.43. The molecule has 0 atom stereocenters. The Kier molecular flexibility index (Phi) is 7.30. The van der Waals surface area contributed by atoms with Gasteiger partial charge in [0, 0.05) is 17.3 Å². The number of carbonyl (C=O) groups is 2. The van der Waals surface area contributed by atoms with Crippen LogP contribution in [-0.4, -0.2) is 29.9 Å². The van der Waals surface area contributed by atoms with E-state index in [1.807, 2.05) is 49.4 Å². The summed E-state index contributed by atoms with van der Waals surface area (Å²) in [6.45, 7) is 1.80. The fraction of sp³-hybridized carbons (Fsp3) is 0.115. The highest BCUT2D eigenvalue weighted by molar-refractivity contribution is 8.27. The summed E-state index contributed by atoms with van der Waals surface area (Å²) < 4.78 is 11.4. The lowest BCUT2D eigenvalue weighted by Gasteiger charge is -2.14. The van der Waals surface area contributed by atoms with Crippen molar-refractivity contribution < 1.29 is 19.1 Å². The van der Waals surface area contributed by atoms with Gasteiger partial charge in [-0.3, -0.25) is 14.5 Å². The Hall–Kier alpha value is -3.62. The molecule has 8 heteroatoms. The molecule has 0 radical (unpaired) electrons. The van der Waals surface area contributed by atoms with Crippen molar-refractivity contribution >= 4 is 57.6 Å². The molecule has 1 saturated heterocycles. The molecule has 0 aromatic heterocycles. The van der Waals surface area contributed by atoms with Crippen LogP contribution in [0.15, 0.2) is 77.7 Å². The molecule has 34 heavy (non-hydrogen) atoms. The van der Waals surface area contributed by atoms with Crippen LogP contribution in [0.4, 0.5) is 11.4 Å². The SMILES string of the molecule is COc1cccc(NC(=O)COc2ccccc2/C=C2\SC(=S)N(c3ccc(C)cc3)C2=O)c1. The highest BCUT2D eigenvalue weighted by Crippen LogP contribution is 2.37. The maximum atomic E-state index is 13.1. The second kappa shape index (κ2) is 10.5. The van der Waals surface area contributed by atoms with Gasteiger partial charge in [0.2, 0.25) is 0 Å². The van der Waals surface area contributed by atoms with E-state index in [4.69, 9.17) is 21.7 Å². The Morgan fingerprint density at radius 1 is 1.09 bits per heavy atom. The zero-order valence-corrected chi connectivity index (χ0v) is 20.2.